The standard InChI is InChI=1S/C17H28N4O3/c1-2-3-4-5-6-7-8-9-14(17(23)24)20-16(22)13-10-11-15(21-18)19-12-13/h10-12,14H,2-9,18H2,1H3,(H,19,21)(H,20,22)(H,23,24). The minimum atomic E-state index is -1.01. The van der Waals surface area contributed by atoms with Gasteiger partial charge in [0.15, 0.2) is 0 Å². The number of pyridine rings is 1. The number of carbonyl (C=O) groups excluding carboxylic acids is 1. The molecule has 24 heavy (non-hydrogen) atoms. The quantitative estimate of drug-likeness (QED) is 0.265. The first-order valence-electron chi connectivity index (χ1n) is 8.54. The van der Waals surface area contributed by atoms with E-state index in [0.29, 0.717) is 17.8 Å². The van der Waals surface area contributed by atoms with Crippen LogP contribution in [-0.2, 0) is 4.79 Å². The first-order chi connectivity index (χ1) is 11.6. The van der Waals surface area contributed by atoms with Crippen molar-refractivity contribution in [1.82, 2.24) is 10.3 Å². The summed E-state index contributed by atoms with van der Waals surface area (Å²) in [6.45, 7) is 2.18. The lowest BCUT2D eigenvalue weighted by Crippen LogP contribution is -2.40. The van der Waals surface area contributed by atoms with E-state index in [9.17, 15) is 14.7 Å². The number of hydrogen-bond acceptors (Lipinski definition) is 5. The van der Waals surface area contributed by atoms with Gasteiger partial charge in [0.1, 0.15) is 11.9 Å². The van der Waals surface area contributed by atoms with Gasteiger partial charge in [-0.25, -0.2) is 15.6 Å². The summed E-state index contributed by atoms with van der Waals surface area (Å²) < 4.78 is 0. The summed E-state index contributed by atoms with van der Waals surface area (Å²) in [7, 11) is 0. The van der Waals surface area contributed by atoms with Crippen molar-refractivity contribution in [2.75, 3.05) is 5.43 Å². The molecule has 1 unspecified atom stereocenters. The molecule has 0 fully saturated rings. The predicted molar refractivity (Wildman–Crippen MR) is 93.5 cm³/mol. The number of unbranched alkanes of at least 4 members (excludes halogenated alkanes) is 6. The second kappa shape index (κ2) is 11.4. The highest BCUT2D eigenvalue weighted by molar-refractivity contribution is 5.96. The summed E-state index contributed by atoms with van der Waals surface area (Å²) in [5.74, 6) is 4.19. The molecular weight excluding hydrogens is 308 g/mol. The molecule has 0 aliphatic carbocycles. The lowest BCUT2D eigenvalue weighted by atomic mass is 10.0. The highest BCUT2D eigenvalue weighted by Crippen LogP contribution is 2.11. The zero-order valence-corrected chi connectivity index (χ0v) is 14.3. The molecule has 7 heteroatoms. The number of carbonyl (C=O) groups is 2. The van der Waals surface area contributed by atoms with Crippen LogP contribution in [0.25, 0.3) is 0 Å². The molecule has 0 saturated heterocycles. The Kier molecular flexibility index (Phi) is 9.45. The second-order valence-electron chi connectivity index (χ2n) is 5.85. The van der Waals surface area contributed by atoms with Crippen molar-refractivity contribution >= 4 is 17.7 Å². The van der Waals surface area contributed by atoms with E-state index < -0.39 is 17.9 Å². The van der Waals surface area contributed by atoms with Gasteiger partial charge in [0.05, 0.1) is 5.56 Å². The third-order valence-electron chi connectivity index (χ3n) is 3.87. The molecular formula is C17H28N4O3. The predicted octanol–water partition coefficient (Wildman–Crippen LogP) is 2.69. The Bertz CT molecular complexity index is 505. The fraction of sp³-hybridized carbons (Fsp3) is 0.588. The van der Waals surface area contributed by atoms with Crippen LogP contribution in [-0.4, -0.2) is 28.0 Å². The van der Waals surface area contributed by atoms with Crippen molar-refractivity contribution in [3.63, 3.8) is 0 Å². The van der Waals surface area contributed by atoms with Gasteiger partial charge in [-0.3, -0.25) is 4.79 Å². The summed E-state index contributed by atoms with van der Waals surface area (Å²) >= 11 is 0. The van der Waals surface area contributed by atoms with Gasteiger partial charge in [-0.15, -0.1) is 0 Å². The molecule has 1 heterocycles. The Labute approximate surface area is 143 Å². The Morgan fingerprint density at radius 1 is 1.17 bits per heavy atom. The number of nitrogen functional groups attached to an aromatic ring is 1. The van der Waals surface area contributed by atoms with Crippen LogP contribution in [0.15, 0.2) is 18.3 Å². The van der Waals surface area contributed by atoms with Crippen LogP contribution in [0.4, 0.5) is 5.82 Å². The first kappa shape index (κ1) is 19.9. The maximum Gasteiger partial charge on any atom is 0.326 e. The van der Waals surface area contributed by atoms with E-state index in [-0.39, 0.29) is 0 Å². The van der Waals surface area contributed by atoms with Gasteiger partial charge >= 0.3 is 5.97 Å². The van der Waals surface area contributed by atoms with Gasteiger partial charge in [-0.2, -0.15) is 0 Å². The van der Waals surface area contributed by atoms with Crippen LogP contribution in [0, 0.1) is 0 Å². The molecule has 0 bridgehead atoms. The maximum atomic E-state index is 12.1. The van der Waals surface area contributed by atoms with Crippen LogP contribution in [0.5, 0.6) is 0 Å². The molecule has 1 aromatic rings. The van der Waals surface area contributed by atoms with Crippen LogP contribution < -0.4 is 16.6 Å². The Balaban J connectivity index is 2.38. The summed E-state index contributed by atoms with van der Waals surface area (Å²) in [6, 6.07) is 2.23. The Morgan fingerprint density at radius 2 is 1.83 bits per heavy atom. The number of anilines is 1. The van der Waals surface area contributed by atoms with Crippen molar-refractivity contribution in [2.45, 2.75) is 64.3 Å². The van der Waals surface area contributed by atoms with Crippen LogP contribution >= 0.6 is 0 Å². The zero-order valence-electron chi connectivity index (χ0n) is 14.3. The van der Waals surface area contributed by atoms with Gasteiger partial charge in [-0.05, 0) is 18.6 Å². The lowest BCUT2D eigenvalue weighted by Gasteiger charge is -2.14. The van der Waals surface area contributed by atoms with Crippen molar-refractivity contribution in [3.8, 4) is 0 Å². The molecule has 1 rings (SSSR count). The van der Waals surface area contributed by atoms with E-state index in [2.05, 4.69) is 22.7 Å². The number of rotatable bonds is 12. The first-order valence-corrected chi connectivity index (χ1v) is 8.54. The van der Waals surface area contributed by atoms with Crippen molar-refractivity contribution in [2.24, 2.45) is 5.84 Å². The van der Waals surface area contributed by atoms with Crippen molar-refractivity contribution in [3.05, 3.63) is 23.9 Å². The fourth-order valence-electron chi connectivity index (χ4n) is 2.42. The molecule has 1 amide bonds. The van der Waals surface area contributed by atoms with Gasteiger partial charge in [0.2, 0.25) is 0 Å². The fourth-order valence-corrected chi connectivity index (χ4v) is 2.42. The number of carboxylic acid groups (broad SMARTS) is 1. The SMILES string of the molecule is CCCCCCCCCC(NC(=O)c1ccc(NN)nc1)C(=O)O. The third kappa shape index (κ3) is 7.41. The van der Waals surface area contributed by atoms with E-state index in [1.807, 2.05) is 0 Å². The average molecular weight is 336 g/mol. The lowest BCUT2D eigenvalue weighted by molar-refractivity contribution is -0.139. The summed E-state index contributed by atoms with van der Waals surface area (Å²) in [5, 5.41) is 11.8. The van der Waals surface area contributed by atoms with Crippen molar-refractivity contribution in [1.29, 1.82) is 0 Å². The molecule has 0 aliphatic heterocycles. The molecule has 0 radical (unpaired) electrons. The normalized spacial score (nSPS) is 11.8. The molecule has 134 valence electrons. The number of carboxylic acids is 1. The monoisotopic (exact) mass is 336 g/mol. The Hall–Kier alpha value is -2.15. The highest BCUT2D eigenvalue weighted by atomic mass is 16.4. The molecule has 1 atom stereocenters. The average Bonchev–Trinajstić information content (AvgIpc) is 2.59. The molecule has 5 N–H and O–H groups in total. The van der Waals surface area contributed by atoms with E-state index in [1.54, 1.807) is 12.1 Å². The number of hydrogen-bond donors (Lipinski definition) is 4. The van der Waals surface area contributed by atoms with E-state index >= 15 is 0 Å². The summed E-state index contributed by atoms with van der Waals surface area (Å²) in [4.78, 5) is 27.4. The number of nitrogens with one attached hydrogen (secondary N) is 2. The molecule has 7 nitrogen and oxygen atoms in total. The van der Waals surface area contributed by atoms with Crippen LogP contribution in [0.1, 0.15) is 68.6 Å². The van der Waals surface area contributed by atoms with Crippen LogP contribution in [0.2, 0.25) is 0 Å². The zero-order chi connectivity index (χ0) is 17.8. The minimum Gasteiger partial charge on any atom is -0.480 e. The Morgan fingerprint density at radius 3 is 2.38 bits per heavy atom. The van der Waals surface area contributed by atoms with E-state index in [4.69, 9.17) is 5.84 Å². The molecule has 0 saturated carbocycles. The number of amides is 1. The van der Waals surface area contributed by atoms with Gasteiger partial charge < -0.3 is 15.8 Å². The third-order valence-corrected chi connectivity index (χ3v) is 3.87. The molecule has 0 aromatic carbocycles. The summed E-state index contributed by atoms with van der Waals surface area (Å²) in [6.07, 6.45) is 9.56. The highest BCUT2D eigenvalue weighted by Gasteiger charge is 2.20. The van der Waals surface area contributed by atoms with E-state index in [0.717, 1.165) is 19.3 Å². The molecule has 1 aromatic heterocycles. The van der Waals surface area contributed by atoms with Crippen LogP contribution in [0.3, 0.4) is 0 Å². The number of aromatic nitrogens is 1. The van der Waals surface area contributed by atoms with Gasteiger partial charge in [0, 0.05) is 6.20 Å². The van der Waals surface area contributed by atoms with Gasteiger partial charge in [0.25, 0.3) is 5.91 Å². The number of nitrogens with two attached hydrogens (primary N) is 1. The maximum absolute atomic E-state index is 12.1. The van der Waals surface area contributed by atoms with E-state index in [1.165, 1.54) is 31.9 Å². The second-order valence-corrected chi connectivity index (χ2v) is 5.85. The number of hydrazine groups is 1. The molecule has 0 aliphatic rings. The summed E-state index contributed by atoms with van der Waals surface area (Å²) in [5.41, 5.74) is 2.67. The smallest absolute Gasteiger partial charge is 0.326 e. The van der Waals surface area contributed by atoms with Gasteiger partial charge in [-0.1, -0.05) is 51.9 Å². The van der Waals surface area contributed by atoms with Crippen molar-refractivity contribution < 1.29 is 14.7 Å². The molecule has 0 spiro atoms. The largest absolute Gasteiger partial charge is 0.480 e. The number of nitrogens with zero attached hydrogens (tertiary/aromatic N) is 1. The number of aliphatic carboxylic acids is 1. The minimum absolute atomic E-state index is 0.305. The topological polar surface area (TPSA) is 117 Å².